The number of halogens is 1. The van der Waals surface area contributed by atoms with Crippen molar-refractivity contribution in [2.24, 2.45) is 0 Å². The van der Waals surface area contributed by atoms with Gasteiger partial charge in [-0.2, -0.15) is 0 Å². The van der Waals surface area contributed by atoms with E-state index in [-0.39, 0.29) is 0 Å². The van der Waals surface area contributed by atoms with Gasteiger partial charge in [-0.3, -0.25) is 0 Å². The van der Waals surface area contributed by atoms with Crippen molar-refractivity contribution in [3.05, 3.63) is 28.8 Å². The molecule has 1 aromatic carbocycles. The fraction of sp³-hybridized carbons (Fsp3) is 0.571. The largest absolute Gasteiger partial charge is 0.398 e. The minimum atomic E-state index is 0.383. The maximum atomic E-state index is 6.12. The Morgan fingerprint density at radius 3 is 2.53 bits per heavy atom. The molecule has 0 aliphatic heterocycles. The van der Waals surface area contributed by atoms with Crippen LogP contribution < -0.4 is 5.73 Å². The number of anilines is 1. The molecule has 0 radical (unpaired) electrons. The fourth-order valence-corrected chi connectivity index (χ4v) is 2.57. The molecular weight excluding hydrogens is 234 g/mol. The summed E-state index contributed by atoms with van der Waals surface area (Å²) in [5.74, 6) is 0. The first kappa shape index (κ1) is 12.7. The topological polar surface area (TPSA) is 35.2 Å². The van der Waals surface area contributed by atoms with Gasteiger partial charge in [0.05, 0.1) is 12.7 Å². The lowest BCUT2D eigenvalue weighted by atomic mass is 10.1. The van der Waals surface area contributed by atoms with Crippen LogP contribution in [0.15, 0.2) is 18.2 Å². The second kappa shape index (κ2) is 6.27. The molecule has 0 unspecified atom stereocenters. The average molecular weight is 254 g/mol. The maximum absolute atomic E-state index is 6.12. The van der Waals surface area contributed by atoms with E-state index in [9.17, 15) is 0 Å². The molecule has 94 valence electrons. The van der Waals surface area contributed by atoms with E-state index in [0.717, 1.165) is 11.3 Å². The summed E-state index contributed by atoms with van der Waals surface area (Å²) in [6, 6.07) is 5.61. The molecule has 0 saturated heterocycles. The lowest BCUT2D eigenvalue weighted by molar-refractivity contribution is 0.0313. The van der Waals surface area contributed by atoms with E-state index in [1.54, 1.807) is 0 Å². The zero-order valence-electron chi connectivity index (χ0n) is 10.1. The Hall–Kier alpha value is -0.730. The van der Waals surface area contributed by atoms with Crippen LogP contribution in [0, 0.1) is 0 Å². The summed E-state index contributed by atoms with van der Waals surface area (Å²) in [7, 11) is 0. The van der Waals surface area contributed by atoms with Crippen LogP contribution in [0.3, 0.4) is 0 Å². The molecule has 1 aromatic rings. The third-order valence-electron chi connectivity index (χ3n) is 3.42. The van der Waals surface area contributed by atoms with Gasteiger partial charge < -0.3 is 10.5 Å². The van der Waals surface area contributed by atoms with Crippen molar-refractivity contribution in [3.8, 4) is 0 Å². The molecule has 3 heteroatoms. The minimum absolute atomic E-state index is 0.383. The summed E-state index contributed by atoms with van der Waals surface area (Å²) in [6.07, 6.45) is 7.97. The molecule has 1 fully saturated rings. The van der Waals surface area contributed by atoms with Gasteiger partial charge in [0.2, 0.25) is 0 Å². The fourth-order valence-electron chi connectivity index (χ4n) is 2.34. The van der Waals surface area contributed by atoms with Crippen molar-refractivity contribution >= 4 is 17.3 Å². The molecule has 2 rings (SSSR count). The highest BCUT2D eigenvalue weighted by Gasteiger charge is 2.14. The van der Waals surface area contributed by atoms with E-state index in [1.807, 2.05) is 18.2 Å². The quantitative estimate of drug-likeness (QED) is 0.648. The van der Waals surface area contributed by atoms with Crippen molar-refractivity contribution in [2.75, 3.05) is 5.73 Å². The van der Waals surface area contributed by atoms with Crippen molar-refractivity contribution < 1.29 is 4.74 Å². The Morgan fingerprint density at radius 2 is 1.88 bits per heavy atom. The van der Waals surface area contributed by atoms with Gasteiger partial charge in [0.15, 0.2) is 0 Å². The highest BCUT2D eigenvalue weighted by Crippen LogP contribution is 2.26. The van der Waals surface area contributed by atoms with Gasteiger partial charge in [-0.15, -0.1) is 0 Å². The molecule has 1 saturated carbocycles. The SMILES string of the molecule is Nc1cccc(Cl)c1COC1CCCCCC1. The lowest BCUT2D eigenvalue weighted by Gasteiger charge is -2.16. The second-order valence-electron chi connectivity index (χ2n) is 4.73. The minimum Gasteiger partial charge on any atom is -0.398 e. The molecule has 0 amide bonds. The third kappa shape index (κ3) is 3.62. The average Bonchev–Trinajstić information content (AvgIpc) is 2.57. The van der Waals surface area contributed by atoms with E-state index >= 15 is 0 Å². The van der Waals surface area contributed by atoms with Gasteiger partial charge in [0, 0.05) is 16.3 Å². The summed E-state index contributed by atoms with van der Waals surface area (Å²) in [5.41, 5.74) is 7.56. The van der Waals surface area contributed by atoms with Crippen LogP contribution in [0.5, 0.6) is 0 Å². The van der Waals surface area contributed by atoms with E-state index in [1.165, 1.54) is 38.5 Å². The molecule has 17 heavy (non-hydrogen) atoms. The Labute approximate surface area is 108 Å². The monoisotopic (exact) mass is 253 g/mol. The molecule has 0 heterocycles. The molecule has 2 nitrogen and oxygen atoms in total. The van der Waals surface area contributed by atoms with E-state index in [0.29, 0.717) is 17.7 Å². The highest BCUT2D eigenvalue weighted by molar-refractivity contribution is 6.31. The Morgan fingerprint density at radius 1 is 1.18 bits per heavy atom. The molecule has 0 atom stereocenters. The third-order valence-corrected chi connectivity index (χ3v) is 3.77. The summed E-state index contributed by atoms with van der Waals surface area (Å²) >= 11 is 6.12. The van der Waals surface area contributed by atoms with Gasteiger partial charge in [0.1, 0.15) is 0 Å². The van der Waals surface area contributed by atoms with Gasteiger partial charge in [-0.1, -0.05) is 43.4 Å². The first-order chi connectivity index (χ1) is 8.27. The number of benzene rings is 1. The van der Waals surface area contributed by atoms with Crippen molar-refractivity contribution in [3.63, 3.8) is 0 Å². The number of hydrogen-bond acceptors (Lipinski definition) is 2. The second-order valence-corrected chi connectivity index (χ2v) is 5.14. The predicted molar refractivity (Wildman–Crippen MR) is 72.1 cm³/mol. The normalized spacial score (nSPS) is 17.9. The van der Waals surface area contributed by atoms with Crippen LogP contribution in [0.2, 0.25) is 5.02 Å². The van der Waals surface area contributed by atoms with Gasteiger partial charge in [-0.25, -0.2) is 0 Å². The first-order valence-corrected chi connectivity index (χ1v) is 6.79. The summed E-state index contributed by atoms with van der Waals surface area (Å²) in [6.45, 7) is 0.538. The lowest BCUT2D eigenvalue weighted by Crippen LogP contribution is -2.12. The number of nitrogen functional groups attached to an aromatic ring is 1. The maximum Gasteiger partial charge on any atom is 0.0755 e. The van der Waals surface area contributed by atoms with Crippen LogP contribution >= 0.6 is 11.6 Å². The Balaban J connectivity index is 1.92. The zero-order chi connectivity index (χ0) is 12.1. The van der Waals surface area contributed by atoms with Crippen molar-refractivity contribution in [1.29, 1.82) is 0 Å². The van der Waals surface area contributed by atoms with Crippen LogP contribution in [0.4, 0.5) is 5.69 Å². The number of ether oxygens (including phenoxy) is 1. The van der Waals surface area contributed by atoms with E-state index < -0.39 is 0 Å². The highest BCUT2D eigenvalue weighted by atomic mass is 35.5. The van der Waals surface area contributed by atoms with Crippen LogP contribution in [-0.2, 0) is 11.3 Å². The molecule has 1 aliphatic rings. The predicted octanol–water partition coefficient (Wildman–Crippen LogP) is 4.16. The number of nitrogens with two attached hydrogens (primary N) is 1. The van der Waals surface area contributed by atoms with Gasteiger partial charge >= 0.3 is 0 Å². The molecular formula is C14H20ClNO. The molecule has 0 aromatic heterocycles. The summed E-state index contributed by atoms with van der Waals surface area (Å²) < 4.78 is 5.95. The van der Waals surface area contributed by atoms with Crippen molar-refractivity contribution in [2.45, 2.75) is 51.2 Å². The van der Waals surface area contributed by atoms with Gasteiger partial charge in [0.25, 0.3) is 0 Å². The Bertz CT molecular complexity index is 339. The standard InChI is InChI=1S/C14H20ClNO/c15-13-8-5-9-14(16)12(13)10-17-11-6-3-1-2-4-7-11/h5,8-9,11H,1-4,6-7,10,16H2. The molecule has 0 spiro atoms. The van der Waals surface area contributed by atoms with Gasteiger partial charge in [-0.05, 0) is 25.0 Å². The summed E-state index contributed by atoms with van der Waals surface area (Å²) in [5, 5.41) is 0.707. The molecule has 2 N–H and O–H groups in total. The van der Waals surface area contributed by atoms with Crippen molar-refractivity contribution in [1.82, 2.24) is 0 Å². The first-order valence-electron chi connectivity index (χ1n) is 6.42. The molecule has 1 aliphatic carbocycles. The van der Waals surface area contributed by atoms with Crippen LogP contribution in [0.25, 0.3) is 0 Å². The zero-order valence-corrected chi connectivity index (χ0v) is 10.9. The number of rotatable bonds is 3. The van der Waals surface area contributed by atoms with E-state index in [2.05, 4.69) is 0 Å². The van der Waals surface area contributed by atoms with Crippen LogP contribution in [0.1, 0.15) is 44.1 Å². The smallest absolute Gasteiger partial charge is 0.0755 e. The van der Waals surface area contributed by atoms with Crippen LogP contribution in [-0.4, -0.2) is 6.10 Å². The van der Waals surface area contributed by atoms with E-state index in [4.69, 9.17) is 22.1 Å². The number of hydrogen-bond donors (Lipinski definition) is 1. The Kier molecular flexibility index (Phi) is 4.69. The summed E-state index contributed by atoms with van der Waals surface area (Å²) in [4.78, 5) is 0. The molecule has 0 bridgehead atoms.